The number of nitrogens with zero attached hydrogens (tertiary/aromatic N) is 1. The number of hydrogen-bond donors (Lipinski definition) is 1. The quantitative estimate of drug-likeness (QED) is 0.662. The van der Waals surface area contributed by atoms with Gasteiger partial charge >= 0.3 is 0 Å². The molecule has 1 heterocycles. The molecule has 1 aromatic rings. The van der Waals surface area contributed by atoms with Crippen LogP contribution in [0.2, 0.25) is 0 Å². The Kier molecular flexibility index (Phi) is 5.49. The fourth-order valence-electron chi connectivity index (χ4n) is 7.97. The van der Waals surface area contributed by atoms with Crippen LogP contribution >= 0.6 is 0 Å². The summed E-state index contributed by atoms with van der Waals surface area (Å²) in [7, 11) is 1.96. The van der Waals surface area contributed by atoms with Crippen LogP contribution in [0, 0.1) is 34.4 Å². The highest BCUT2D eigenvalue weighted by Gasteiger charge is 2.60. The lowest BCUT2D eigenvalue weighted by molar-refractivity contribution is -0.138. The van der Waals surface area contributed by atoms with E-state index in [1.54, 1.807) is 30.4 Å². The van der Waals surface area contributed by atoms with E-state index < -0.39 is 0 Å². The SMILES string of the molecule is CN1C(=O)C=C[C@]2(C)[C@H]3CC[C@]4(C)[C@@H](NC(=O)/C=C/c5ccccc5F)CC[C@H]4[C@@H]3CC[C@@H]12. The van der Waals surface area contributed by atoms with Crippen molar-refractivity contribution in [3.63, 3.8) is 0 Å². The van der Waals surface area contributed by atoms with Crippen LogP contribution in [0.4, 0.5) is 4.39 Å². The van der Waals surface area contributed by atoms with Crippen molar-refractivity contribution in [1.29, 1.82) is 0 Å². The van der Waals surface area contributed by atoms with Crippen molar-refractivity contribution in [2.45, 2.75) is 64.5 Å². The van der Waals surface area contributed by atoms with Crippen LogP contribution in [0.5, 0.6) is 0 Å². The minimum absolute atomic E-state index is 0.0384. The largest absolute Gasteiger partial charge is 0.349 e. The van der Waals surface area contributed by atoms with E-state index in [4.69, 9.17) is 0 Å². The predicted octanol–water partition coefficient (Wildman–Crippen LogP) is 4.96. The molecule has 5 rings (SSSR count). The topological polar surface area (TPSA) is 49.4 Å². The average Bonchev–Trinajstić information content (AvgIpc) is 3.12. The maximum absolute atomic E-state index is 13.9. The molecule has 7 atom stereocenters. The van der Waals surface area contributed by atoms with E-state index in [2.05, 4.69) is 25.2 Å². The summed E-state index contributed by atoms with van der Waals surface area (Å²) in [5, 5.41) is 3.27. The van der Waals surface area contributed by atoms with Crippen LogP contribution in [0.1, 0.15) is 57.9 Å². The van der Waals surface area contributed by atoms with Crippen molar-refractivity contribution in [1.82, 2.24) is 10.2 Å². The Balaban J connectivity index is 1.31. The normalized spacial score (nSPS) is 39.8. The number of benzene rings is 1. The summed E-state index contributed by atoms with van der Waals surface area (Å²) in [4.78, 5) is 26.9. The van der Waals surface area contributed by atoms with E-state index in [9.17, 15) is 14.0 Å². The molecule has 1 aromatic carbocycles. The number of nitrogens with one attached hydrogen (secondary N) is 1. The predicted molar refractivity (Wildman–Crippen MR) is 127 cm³/mol. The molecule has 0 radical (unpaired) electrons. The van der Waals surface area contributed by atoms with Crippen molar-refractivity contribution >= 4 is 17.9 Å². The molecular weight excluding hydrogens is 415 g/mol. The van der Waals surface area contributed by atoms with Gasteiger partial charge in [0.2, 0.25) is 11.8 Å². The molecule has 176 valence electrons. The summed E-state index contributed by atoms with van der Waals surface area (Å²) in [6, 6.07) is 6.94. The van der Waals surface area contributed by atoms with E-state index in [-0.39, 0.29) is 34.5 Å². The molecule has 3 aliphatic carbocycles. The standard InChI is InChI=1S/C28H35FN2O2/c1-27-16-14-21-19(9-12-24-28(21,2)17-15-26(33)31(24)3)20(27)10-11-23(27)30-25(32)13-8-18-6-4-5-7-22(18)29/h4-8,13,15,17,19-21,23-24H,9-12,14,16H2,1-3H3,(H,30,32)/b13-8+/t19-,20-,21-,23-,24+,27-,28+/m0/s1. The Morgan fingerprint density at radius 3 is 2.70 bits per heavy atom. The molecule has 2 amide bonds. The molecule has 3 fully saturated rings. The average molecular weight is 451 g/mol. The summed E-state index contributed by atoms with van der Waals surface area (Å²) >= 11 is 0. The van der Waals surface area contributed by atoms with Gasteiger partial charge in [0, 0.05) is 36.2 Å². The van der Waals surface area contributed by atoms with Gasteiger partial charge in [-0.1, -0.05) is 38.1 Å². The van der Waals surface area contributed by atoms with Crippen molar-refractivity contribution in [2.75, 3.05) is 7.05 Å². The number of hydrogen-bond acceptors (Lipinski definition) is 2. The molecule has 1 aliphatic heterocycles. The number of carbonyl (C=O) groups excluding carboxylic acids is 2. The molecule has 1 N–H and O–H groups in total. The number of rotatable bonds is 3. The van der Waals surface area contributed by atoms with Gasteiger partial charge in [0.05, 0.1) is 0 Å². The lowest BCUT2D eigenvalue weighted by Gasteiger charge is -2.60. The molecule has 5 heteroatoms. The zero-order chi connectivity index (χ0) is 23.4. The minimum atomic E-state index is -0.319. The second-order valence-corrected chi connectivity index (χ2v) is 11.2. The lowest BCUT2D eigenvalue weighted by Crippen LogP contribution is -2.60. The van der Waals surface area contributed by atoms with E-state index in [0.717, 1.165) is 38.5 Å². The Morgan fingerprint density at radius 2 is 1.91 bits per heavy atom. The Morgan fingerprint density at radius 1 is 1.12 bits per heavy atom. The smallest absolute Gasteiger partial charge is 0.246 e. The Hall–Kier alpha value is -2.43. The van der Waals surface area contributed by atoms with Gasteiger partial charge in [0.15, 0.2) is 0 Å². The van der Waals surface area contributed by atoms with Gasteiger partial charge in [-0.2, -0.15) is 0 Å². The number of amides is 2. The fraction of sp³-hybridized carbons (Fsp3) is 0.571. The van der Waals surface area contributed by atoms with Crippen molar-refractivity contribution < 1.29 is 14.0 Å². The highest BCUT2D eigenvalue weighted by atomic mass is 19.1. The first kappa shape index (κ1) is 22.4. The summed E-state index contributed by atoms with van der Waals surface area (Å²) in [5.41, 5.74) is 0.556. The Labute approximate surface area is 196 Å². The van der Waals surface area contributed by atoms with Crippen molar-refractivity contribution in [3.05, 3.63) is 53.9 Å². The third-order valence-electron chi connectivity index (χ3n) is 9.76. The maximum Gasteiger partial charge on any atom is 0.246 e. The first-order valence-electron chi connectivity index (χ1n) is 12.4. The molecule has 0 spiro atoms. The van der Waals surface area contributed by atoms with Crippen LogP contribution in [0.3, 0.4) is 0 Å². The maximum atomic E-state index is 13.9. The third-order valence-corrected chi connectivity index (χ3v) is 9.76. The molecule has 4 aliphatic rings. The summed E-state index contributed by atoms with van der Waals surface area (Å²) < 4.78 is 13.9. The molecule has 4 nitrogen and oxygen atoms in total. The van der Waals surface area contributed by atoms with Crippen molar-refractivity contribution in [2.24, 2.45) is 28.6 Å². The molecule has 0 unspecified atom stereocenters. The van der Waals surface area contributed by atoms with Gasteiger partial charge in [-0.15, -0.1) is 0 Å². The second kappa shape index (κ2) is 8.11. The van der Waals surface area contributed by atoms with Gasteiger partial charge in [-0.25, -0.2) is 4.39 Å². The first-order chi connectivity index (χ1) is 15.7. The van der Waals surface area contributed by atoms with Gasteiger partial charge < -0.3 is 10.2 Å². The number of carbonyl (C=O) groups is 2. The summed E-state index contributed by atoms with van der Waals surface area (Å²) in [6.45, 7) is 4.73. The fourth-order valence-corrected chi connectivity index (χ4v) is 7.97. The van der Waals surface area contributed by atoms with Gasteiger partial charge in [-0.05, 0) is 79.9 Å². The molecule has 33 heavy (non-hydrogen) atoms. The zero-order valence-corrected chi connectivity index (χ0v) is 19.9. The van der Waals surface area contributed by atoms with Crippen LogP contribution in [-0.2, 0) is 9.59 Å². The summed E-state index contributed by atoms with van der Waals surface area (Å²) in [6.07, 6.45) is 13.6. The third kappa shape index (κ3) is 3.55. The van der Waals surface area contributed by atoms with Crippen LogP contribution < -0.4 is 5.32 Å². The van der Waals surface area contributed by atoms with Gasteiger partial charge in [-0.3, -0.25) is 9.59 Å². The van der Waals surface area contributed by atoms with Gasteiger partial charge in [0.1, 0.15) is 5.82 Å². The molecule has 0 bridgehead atoms. The molecule has 0 saturated heterocycles. The summed E-state index contributed by atoms with van der Waals surface area (Å²) in [5.74, 6) is 1.47. The number of halogens is 1. The lowest BCUT2D eigenvalue weighted by atomic mass is 9.48. The van der Waals surface area contributed by atoms with Crippen LogP contribution in [0.15, 0.2) is 42.5 Å². The van der Waals surface area contributed by atoms with E-state index >= 15 is 0 Å². The first-order valence-corrected chi connectivity index (χ1v) is 12.4. The highest BCUT2D eigenvalue weighted by Crippen LogP contribution is 2.63. The monoisotopic (exact) mass is 450 g/mol. The molecular formula is C28H35FN2O2. The van der Waals surface area contributed by atoms with Crippen LogP contribution in [-0.4, -0.2) is 35.8 Å². The van der Waals surface area contributed by atoms with E-state index in [1.165, 1.54) is 12.1 Å². The van der Waals surface area contributed by atoms with Gasteiger partial charge in [0.25, 0.3) is 0 Å². The Bertz CT molecular complexity index is 1020. The minimum Gasteiger partial charge on any atom is -0.349 e. The molecule has 0 aromatic heterocycles. The second-order valence-electron chi connectivity index (χ2n) is 11.2. The number of likely N-dealkylation sites (N-methyl/N-ethyl adjacent to an activating group) is 1. The zero-order valence-electron chi connectivity index (χ0n) is 19.9. The number of fused-ring (bicyclic) bond motifs is 5. The van der Waals surface area contributed by atoms with E-state index in [0.29, 0.717) is 29.4 Å². The van der Waals surface area contributed by atoms with Crippen LogP contribution in [0.25, 0.3) is 6.08 Å². The highest BCUT2D eigenvalue weighted by molar-refractivity contribution is 5.92. The van der Waals surface area contributed by atoms with Crippen molar-refractivity contribution in [3.8, 4) is 0 Å². The molecule has 3 saturated carbocycles. The van der Waals surface area contributed by atoms with E-state index in [1.807, 2.05) is 11.9 Å².